The third-order valence-corrected chi connectivity index (χ3v) is 3.82. The van der Waals surface area contributed by atoms with E-state index in [0.717, 1.165) is 33.9 Å². The number of imidazole rings is 1. The quantitative estimate of drug-likeness (QED) is 0.812. The van der Waals surface area contributed by atoms with Gasteiger partial charge in [-0.25, -0.2) is 4.98 Å². The van der Waals surface area contributed by atoms with Crippen molar-refractivity contribution in [1.82, 2.24) is 15.3 Å². The highest BCUT2D eigenvalue weighted by molar-refractivity contribution is 6.32. The number of aromatic amines is 1. The lowest BCUT2D eigenvalue weighted by atomic mass is 10.0. The number of fused-ring (bicyclic) bond motifs is 1. The average Bonchev–Trinajstić information content (AvgIpc) is 2.91. The molecule has 88 valence electrons. The number of aromatic nitrogens is 2. The summed E-state index contributed by atoms with van der Waals surface area (Å²) in [6.45, 7) is 4.14. The number of halogens is 1. The fourth-order valence-electron chi connectivity index (χ4n) is 2.21. The van der Waals surface area contributed by atoms with Gasteiger partial charge in [-0.05, 0) is 44.2 Å². The van der Waals surface area contributed by atoms with Crippen LogP contribution in [-0.2, 0) is 5.54 Å². The van der Waals surface area contributed by atoms with Crippen LogP contribution in [0.2, 0.25) is 5.02 Å². The van der Waals surface area contributed by atoms with E-state index >= 15 is 0 Å². The maximum Gasteiger partial charge on any atom is 0.133 e. The number of hydrogen-bond acceptors (Lipinski definition) is 2. The molecule has 2 N–H and O–H groups in total. The van der Waals surface area contributed by atoms with Crippen LogP contribution in [0.5, 0.6) is 0 Å². The van der Waals surface area contributed by atoms with Gasteiger partial charge in [0.2, 0.25) is 0 Å². The molecule has 2 aromatic rings. The molecule has 0 amide bonds. The van der Waals surface area contributed by atoms with Crippen LogP contribution in [0.15, 0.2) is 24.4 Å². The molecule has 3 nitrogen and oxygen atoms in total. The number of nitrogens with one attached hydrogen (secondary N) is 2. The van der Waals surface area contributed by atoms with Gasteiger partial charge in [-0.2, -0.15) is 0 Å². The Kier molecular flexibility index (Phi) is 2.20. The normalized spacial score (nSPS) is 23.2. The van der Waals surface area contributed by atoms with Crippen LogP contribution in [0, 0.1) is 6.92 Å². The summed E-state index contributed by atoms with van der Waals surface area (Å²) in [5.41, 5.74) is 2.90. The molecule has 1 aromatic carbocycles. The fourth-order valence-corrected chi connectivity index (χ4v) is 2.36. The van der Waals surface area contributed by atoms with Gasteiger partial charge in [-0.1, -0.05) is 17.7 Å². The number of aryl methyl sites for hydroxylation is 1. The lowest BCUT2D eigenvalue weighted by Gasteiger charge is -2.21. The molecule has 0 saturated carbocycles. The van der Waals surface area contributed by atoms with Gasteiger partial charge in [-0.15, -0.1) is 0 Å². The Morgan fingerprint density at radius 3 is 2.94 bits per heavy atom. The Morgan fingerprint density at radius 1 is 1.41 bits per heavy atom. The van der Waals surface area contributed by atoms with E-state index in [2.05, 4.69) is 28.3 Å². The monoisotopic (exact) mass is 247 g/mol. The molecule has 4 heteroatoms. The van der Waals surface area contributed by atoms with E-state index < -0.39 is 0 Å². The Hall–Kier alpha value is -1.48. The van der Waals surface area contributed by atoms with Gasteiger partial charge in [0, 0.05) is 5.02 Å². The fraction of sp³-hybridized carbons (Fsp3) is 0.308. The van der Waals surface area contributed by atoms with Crippen molar-refractivity contribution in [3.8, 4) is 0 Å². The molecule has 0 bridgehead atoms. The van der Waals surface area contributed by atoms with Crippen LogP contribution < -0.4 is 5.32 Å². The minimum atomic E-state index is -0.127. The molecule has 1 atom stereocenters. The van der Waals surface area contributed by atoms with Crippen molar-refractivity contribution in [2.24, 2.45) is 0 Å². The Morgan fingerprint density at radius 2 is 2.24 bits per heavy atom. The van der Waals surface area contributed by atoms with Crippen molar-refractivity contribution < 1.29 is 0 Å². The predicted octanol–water partition coefficient (Wildman–Crippen LogP) is 3.25. The summed E-state index contributed by atoms with van der Waals surface area (Å²) < 4.78 is 0. The van der Waals surface area contributed by atoms with Crippen molar-refractivity contribution in [1.29, 1.82) is 0 Å². The second-order valence-electron chi connectivity index (χ2n) is 4.74. The van der Waals surface area contributed by atoms with Crippen LogP contribution in [0.1, 0.15) is 24.7 Å². The maximum atomic E-state index is 6.11. The molecule has 17 heavy (non-hydrogen) atoms. The number of rotatable bonds is 1. The lowest BCUT2D eigenvalue weighted by Crippen LogP contribution is -2.33. The van der Waals surface area contributed by atoms with Gasteiger partial charge >= 0.3 is 0 Å². The van der Waals surface area contributed by atoms with Gasteiger partial charge in [-0.3, -0.25) is 0 Å². The van der Waals surface area contributed by atoms with Crippen molar-refractivity contribution in [2.45, 2.75) is 25.8 Å². The predicted molar refractivity (Wildman–Crippen MR) is 70.1 cm³/mol. The molecule has 3 rings (SSSR count). The van der Waals surface area contributed by atoms with Crippen LogP contribution in [0.25, 0.3) is 11.0 Å². The van der Waals surface area contributed by atoms with E-state index in [1.54, 1.807) is 0 Å². The lowest BCUT2D eigenvalue weighted by molar-refractivity contribution is 0.427. The average molecular weight is 248 g/mol. The van der Waals surface area contributed by atoms with Crippen molar-refractivity contribution in [2.75, 3.05) is 0 Å². The molecule has 0 fully saturated rings. The molecule has 0 aliphatic carbocycles. The zero-order chi connectivity index (χ0) is 12.0. The number of benzene rings is 1. The van der Waals surface area contributed by atoms with E-state index in [4.69, 9.17) is 11.6 Å². The first-order valence-corrected chi connectivity index (χ1v) is 6.06. The minimum absolute atomic E-state index is 0.127. The number of hydrogen-bond donors (Lipinski definition) is 2. The summed E-state index contributed by atoms with van der Waals surface area (Å²) in [4.78, 5) is 8.06. The molecule has 0 spiro atoms. The van der Waals surface area contributed by atoms with Gasteiger partial charge in [0.1, 0.15) is 5.82 Å². The van der Waals surface area contributed by atoms with Gasteiger partial charge in [0.15, 0.2) is 0 Å². The first-order valence-electron chi connectivity index (χ1n) is 5.68. The van der Waals surface area contributed by atoms with E-state index in [0.29, 0.717) is 0 Å². The van der Waals surface area contributed by atoms with E-state index in [1.165, 1.54) is 0 Å². The Balaban J connectivity index is 2.17. The molecular formula is C13H14ClN3. The minimum Gasteiger partial charge on any atom is -0.379 e. The van der Waals surface area contributed by atoms with Gasteiger partial charge in [0.25, 0.3) is 0 Å². The summed E-state index contributed by atoms with van der Waals surface area (Å²) >= 11 is 6.11. The molecule has 1 aromatic heterocycles. The molecular weight excluding hydrogens is 234 g/mol. The number of nitrogens with zero attached hydrogens (tertiary/aromatic N) is 1. The second-order valence-corrected chi connectivity index (χ2v) is 5.14. The molecule has 1 aliphatic rings. The topological polar surface area (TPSA) is 40.7 Å². The zero-order valence-corrected chi connectivity index (χ0v) is 10.6. The highest BCUT2D eigenvalue weighted by Crippen LogP contribution is 2.30. The highest BCUT2D eigenvalue weighted by Gasteiger charge is 2.30. The van der Waals surface area contributed by atoms with Crippen molar-refractivity contribution in [3.05, 3.63) is 40.8 Å². The first kappa shape index (κ1) is 10.7. The second kappa shape index (κ2) is 3.50. The van der Waals surface area contributed by atoms with Gasteiger partial charge < -0.3 is 10.3 Å². The standard InChI is InChI=1S/C13H14ClN3/c1-8-9(14)4-5-10-11(8)17-12(16-10)13(2)6-3-7-15-13/h3-5,7,15H,6H2,1-2H3,(H,16,17). The van der Waals surface area contributed by atoms with Crippen LogP contribution >= 0.6 is 11.6 Å². The third-order valence-electron chi connectivity index (χ3n) is 3.41. The van der Waals surface area contributed by atoms with E-state index in [1.807, 2.05) is 25.3 Å². The van der Waals surface area contributed by atoms with Crippen LogP contribution in [0.3, 0.4) is 0 Å². The molecule has 2 heterocycles. The summed E-state index contributed by atoms with van der Waals surface area (Å²) in [5.74, 6) is 0.961. The smallest absolute Gasteiger partial charge is 0.133 e. The summed E-state index contributed by atoms with van der Waals surface area (Å²) in [6, 6.07) is 3.89. The highest BCUT2D eigenvalue weighted by atomic mass is 35.5. The largest absolute Gasteiger partial charge is 0.379 e. The third kappa shape index (κ3) is 1.53. The first-order chi connectivity index (χ1) is 8.10. The van der Waals surface area contributed by atoms with Crippen molar-refractivity contribution in [3.63, 3.8) is 0 Å². The van der Waals surface area contributed by atoms with Crippen LogP contribution in [-0.4, -0.2) is 9.97 Å². The molecule has 0 radical (unpaired) electrons. The molecule has 1 aliphatic heterocycles. The molecule has 0 saturated heterocycles. The van der Waals surface area contributed by atoms with E-state index in [9.17, 15) is 0 Å². The Labute approximate surface area is 105 Å². The van der Waals surface area contributed by atoms with Crippen molar-refractivity contribution >= 4 is 22.6 Å². The summed E-state index contributed by atoms with van der Waals surface area (Å²) in [5, 5.41) is 4.10. The maximum absolute atomic E-state index is 6.11. The molecule has 1 unspecified atom stereocenters. The summed E-state index contributed by atoms with van der Waals surface area (Å²) in [7, 11) is 0. The van der Waals surface area contributed by atoms with Gasteiger partial charge in [0.05, 0.1) is 16.6 Å². The summed E-state index contributed by atoms with van der Waals surface area (Å²) in [6.07, 6.45) is 5.04. The number of H-pyrrole nitrogens is 1. The Bertz CT molecular complexity index is 604. The van der Waals surface area contributed by atoms with Crippen LogP contribution in [0.4, 0.5) is 0 Å². The zero-order valence-electron chi connectivity index (χ0n) is 9.84. The SMILES string of the molecule is Cc1c(Cl)ccc2[nH]c(C3(C)CC=CN3)nc12. The van der Waals surface area contributed by atoms with E-state index in [-0.39, 0.29) is 5.54 Å².